The van der Waals surface area contributed by atoms with Crippen LogP contribution in [0.3, 0.4) is 0 Å². The number of nitrogens with one attached hydrogen (secondary N) is 1. The molecule has 1 aromatic carbocycles. The summed E-state index contributed by atoms with van der Waals surface area (Å²) >= 11 is 5.89. The third-order valence-corrected chi connectivity index (χ3v) is 2.39. The molecule has 0 saturated carbocycles. The van der Waals surface area contributed by atoms with Crippen molar-refractivity contribution in [2.75, 3.05) is 13.1 Å². The first-order chi connectivity index (χ1) is 7.79. The number of halogens is 1. The topological polar surface area (TPSA) is 25.2 Å². The highest BCUT2D eigenvalue weighted by Crippen LogP contribution is 2.22. The van der Waals surface area contributed by atoms with Gasteiger partial charge in [0.1, 0.15) is 5.58 Å². The maximum Gasteiger partial charge on any atom is 0.178 e. The second-order valence-electron chi connectivity index (χ2n) is 3.37. The van der Waals surface area contributed by atoms with E-state index >= 15 is 0 Å². The second-order valence-corrected chi connectivity index (χ2v) is 3.81. The predicted octanol–water partition coefficient (Wildman–Crippen LogP) is 3.05. The van der Waals surface area contributed by atoms with Gasteiger partial charge >= 0.3 is 0 Å². The molecular formula is C13H12ClNO. The van der Waals surface area contributed by atoms with Gasteiger partial charge in [0.15, 0.2) is 5.76 Å². The van der Waals surface area contributed by atoms with Gasteiger partial charge in [-0.2, -0.15) is 0 Å². The first kappa shape index (κ1) is 11.1. The molecule has 0 amide bonds. The SMILES string of the molecule is CCNCC#Cc1cc2cc(Cl)ccc2o1. The zero-order chi connectivity index (χ0) is 11.4. The van der Waals surface area contributed by atoms with Gasteiger partial charge in [0.05, 0.1) is 6.54 Å². The van der Waals surface area contributed by atoms with E-state index in [0.29, 0.717) is 17.3 Å². The summed E-state index contributed by atoms with van der Waals surface area (Å²) in [5.74, 6) is 6.63. The van der Waals surface area contributed by atoms with Gasteiger partial charge in [0.2, 0.25) is 0 Å². The Kier molecular flexibility index (Phi) is 3.51. The van der Waals surface area contributed by atoms with Crippen LogP contribution >= 0.6 is 11.6 Å². The third kappa shape index (κ3) is 2.57. The fraction of sp³-hybridized carbons (Fsp3) is 0.231. The Balaban J connectivity index is 2.21. The van der Waals surface area contributed by atoms with Crippen LogP contribution in [0, 0.1) is 11.8 Å². The van der Waals surface area contributed by atoms with Crippen molar-refractivity contribution in [1.29, 1.82) is 0 Å². The van der Waals surface area contributed by atoms with Crippen LogP contribution in [-0.2, 0) is 0 Å². The van der Waals surface area contributed by atoms with Gasteiger partial charge in [-0.05, 0) is 30.7 Å². The van der Waals surface area contributed by atoms with E-state index in [-0.39, 0.29) is 0 Å². The highest BCUT2D eigenvalue weighted by molar-refractivity contribution is 6.31. The van der Waals surface area contributed by atoms with E-state index in [0.717, 1.165) is 17.5 Å². The van der Waals surface area contributed by atoms with Crippen LogP contribution in [0.5, 0.6) is 0 Å². The van der Waals surface area contributed by atoms with Crippen LogP contribution in [0.25, 0.3) is 11.0 Å². The van der Waals surface area contributed by atoms with Crippen LogP contribution in [0.1, 0.15) is 12.7 Å². The quantitative estimate of drug-likeness (QED) is 0.637. The monoisotopic (exact) mass is 233 g/mol. The predicted molar refractivity (Wildman–Crippen MR) is 66.6 cm³/mol. The number of benzene rings is 1. The van der Waals surface area contributed by atoms with Crippen molar-refractivity contribution >= 4 is 22.6 Å². The summed E-state index contributed by atoms with van der Waals surface area (Å²) in [6.07, 6.45) is 0. The van der Waals surface area contributed by atoms with Gasteiger partial charge in [-0.1, -0.05) is 24.4 Å². The van der Waals surface area contributed by atoms with E-state index < -0.39 is 0 Å². The van der Waals surface area contributed by atoms with Crippen LogP contribution in [0.2, 0.25) is 5.02 Å². The molecule has 0 radical (unpaired) electrons. The zero-order valence-corrected chi connectivity index (χ0v) is 9.77. The van der Waals surface area contributed by atoms with Gasteiger partial charge in [-0.15, -0.1) is 0 Å². The molecule has 2 nitrogen and oxygen atoms in total. The minimum atomic E-state index is 0.675. The molecule has 0 aliphatic carbocycles. The Labute approximate surface area is 99.6 Å². The maximum absolute atomic E-state index is 5.89. The summed E-state index contributed by atoms with van der Waals surface area (Å²) < 4.78 is 5.54. The molecule has 0 aliphatic rings. The highest BCUT2D eigenvalue weighted by atomic mass is 35.5. The largest absolute Gasteiger partial charge is 0.448 e. The first-order valence-corrected chi connectivity index (χ1v) is 5.56. The van der Waals surface area contributed by atoms with Gasteiger partial charge in [0, 0.05) is 16.5 Å². The maximum atomic E-state index is 5.89. The lowest BCUT2D eigenvalue weighted by Gasteiger charge is -1.88. The normalized spacial score (nSPS) is 10.1. The van der Waals surface area contributed by atoms with Crippen molar-refractivity contribution in [3.8, 4) is 11.8 Å². The first-order valence-electron chi connectivity index (χ1n) is 5.18. The lowest BCUT2D eigenvalue weighted by molar-refractivity contribution is 0.601. The molecule has 3 heteroatoms. The summed E-state index contributed by atoms with van der Waals surface area (Å²) in [6, 6.07) is 7.44. The fourth-order valence-corrected chi connectivity index (χ4v) is 1.58. The van der Waals surface area contributed by atoms with Gasteiger partial charge < -0.3 is 9.73 Å². The molecule has 16 heavy (non-hydrogen) atoms. The van der Waals surface area contributed by atoms with Gasteiger partial charge in [-0.3, -0.25) is 0 Å². The van der Waals surface area contributed by atoms with Crippen molar-refractivity contribution in [3.63, 3.8) is 0 Å². The number of hydrogen-bond acceptors (Lipinski definition) is 2. The van der Waals surface area contributed by atoms with Gasteiger partial charge in [0.25, 0.3) is 0 Å². The molecule has 0 spiro atoms. The summed E-state index contributed by atoms with van der Waals surface area (Å²) in [4.78, 5) is 0. The van der Waals surface area contributed by atoms with Crippen molar-refractivity contribution in [2.24, 2.45) is 0 Å². The molecule has 1 N–H and O–H groups in total. The average molecular weight is 234 g/mol. The Morgan fingerprint density at radius 1 is 1.38 bits per heavy atom. The molecule has 0 atom stereocenters. The van der Waals surface area contributed by atoms with Crippen LogP contribution in [0.15, 0.2) is 28.7 Å². The third-order valence-electron chi connectivity index (χ3n) is 2.15. The smallest absolute Gasteiger partial charge is 0.178 e. The summed E-state index contributed by atoms with van der Waals surface area (Å²) in [6.45, 7) is 3.64. The molecule has 0 saturated heterocycles. The molecule has 0 fully saturated rings. The Hall–Kier alpha value is -1.43. The average Bonchev–Trinajstić information content (AvgIpc) is 2.66. The molecule has 0 bridgehead atoms. The number of fused-ring (bicyclic) bond motifs is 1. The van der Waals surface area contributed by atoms with E-state index in [9.17, 15) is 0 Å². The van der Waals surface area contributed by atoms with Gasteiger partial charge in [-0.25, -0.2) is 0 Å². The number of hydrogen-bond donors (Lipinski definition) is 1. The molecule has 1 heterocycles. The standard InChI is InChI=1S/C13H12ClNO/c1-2-15-7-3-4-12-9-10-8-11(14)5-6-13(10)16-12/h5-6,8-9,15H,2,7H2,1H3. The lowest BCUT2D eigenvalue weighted by Crippen LogP contribution is -2.11. The van der Waals surface area contributed by atoms with E-state index in [2.05, 4.69) is 17.2 Å². The minimum absolute atomic E-state index is 0.675. The molecule has 2 aromatic rings. The molecule has 0 unspecified atom stereocenters. The van der Waals surface area contributed by atoms with Crippen molar-refractivity contribution in [2.45, 2.75) is 6.92 Å². The lowest BCUT2D eigenvalue weighted by atomic mass is 10.2. The van der Waals surface area contributed by atoms with E-state index in [1.165, 1.54) is 0 Å². The summed E-state index contributed by atoms with van der Waals surface area (Å²) in [5, 5.41) is 4.82. The fourth-order valence-electron chi connectivity index (χ4n) is 1.39. The summed E-state index contributed by atoms with van der Waals surface area (Å²) in [5.41, 5.74) is 0.817. The van der Waals surface area contributed by atoms with E-state index in [1.54, 1.807) is 0 Å². The molecule has 82 valence electrons. The van der Waals surface area contributed by atoms with E-state index in [1.807, 2.05) is 31.2 Å². The Bertz CT molecular complexity index is 548. The number of furan rings is 1. The van der Waals surface area contributed by atoms with Crippen molar-refractivity contribution in [1.82, 2.24) is 5.32 Å². The molecular weight excluding hydrogens is 222 g/mol. The van der Waals surface area contributed by atoms with Crippen molar-refractivity contribution < 1.29 is 4.42 Å². The van der Waals surface area contributed by atoms with Crippen LogP contribution < -0.4 is 5.32 Å². The zero-order valence-electron chi connectivity index (χ0n) is 9.01. The molecule has 2 rings (SSSR count). The highest BCUT2D eigenvalue weighted by Gasteiger charge is 2.01. The van der Waals surface area contributed by atoms with Crippen LogP contribution in [-0.4, -0.2) is 13.1 Å². The molecule has 0 aliphatic heterocycles. The van der Waals surface area contributed by atoms with Crippen molar-refractivity contribution in [3.05, 3.63) is 35.0 Å². The Morgan fingerprint density at radius 3 is 3.06 bits per heavy atom. The number of rotatable bonds is 2. The van der Waals surface area contributed by atoms with E-state index in [4.69, 9.17) is 16.0 Å². The second kappa shape index (κ2) is 5.07. The summed E-state index contributed by atoms with van der Waals surface area (Å²) in [7, 11) is 0. The minimum Gasteiger partial charge on any atom is -0.448 e. The van der Waals surface area contributed by atoms with Crippen LogP contribution in [0.4, 0.5) is 0 Å². The molecule has 1 aromatic heterocycles. The Morgan fingerprint density at radius 2 is 2.25 bits per heavy atom.